The van der Waals surface area contributed by atoms with Gasteiger partial charge in [-0.3, -0.25) is 5.32 Å². The number of pyridine rings is 1. The number of rotatable bonds is 4. The molecule has 2 N–H and O–H groups in total. The van der Waals surface area contributed by atoms with E-state index in [1.54, 1.807) is 6.20 Å². The highest BCUT2D eigenvalue weighted by atomic mass is 16.5. The lowest BCUT2D eigenvalue weighted by molar-refractivity contribution is 0.0696. The number of nitrogens with one attached hydrogen (secondary N) is 1. The van der Waals surface area contributed by atoms with Crippen molar-refractivity contribution in [2.75, 3.05) is 11.9 Å². The van der Waals surface area contributed by atoms with E-state index in [2.05, 4.69) is 22.4 Å². The van der Waals surface area contributed by atoms with Crippen molar-refractivity contribution in [1.82, 2.24) is 4.98 Å². The molecule has 6 nitrogen and oxygen atoms in total. The molecule has 0 radical (unpaired) electrons. The number of hydrogen-bond donors (Lipinski definition) is 2. The molecular weight excluding hydrogens is 380 g/mol. The summed E-state index contributed by atoms with van der Waals surface area (Å²) in [6.45, 7) is 0.160. The van der Waals surface area contributed by atoms with Crippen LogP contribution < -0.4 is 5.32 Å². The highest BCUT2D eigenvalue weighted by molar-refractivity contribution is 5.99. The molecule has 2 aromatic carbocycles. The third-order valence-corrected chi connectivity index (χ3v) is 5.93. The van der Waals surface area contributed by atoms with Gasteiger partial charge >= 0.3 is 12.1 Å². The lowest BCUT2D eigenvalue weighted by Crippen LogP contribution is -2.21. The molecule has 0 unspecified atom stereocenters. The fourth-order valence-electron chi connectivity index (χ4n) is 4.60. The number of carboxylic acids is 1. The number of carbonyl (C=O) groups is 2. The van der Waals surface area contributed by atoms with Gasteiger partial charge in [0.2, 0.25) is 0 Å². The van der Waals surface area contributed by atoms with Crippen LogP contribution in [-0.2, 0) is 17.6 Å². The second kappa shape index (κ2) is 7.30. The summed E-state index contributed by atoms with van der Waals surface area (Å²) in [6.07, 6.45) is 3.33. The number of fused-ring (bicyclic) bond motifs is 4. The van der Waals surface area contributed by atoms with Gasteiger partial charge < -0.3 is 9.84 Å². The topological polar surface area (TPSA) is 88.5 Å². The van der Waals surface area contributed by atoms with Crippen LogP contribution in [0.1, 0.15) is 45.0 Å². The number of nitrogens with zero attached hydrogens (tertiary/aromatic N) is 1. The van der Waals surface area contributed by atoms with Crippen molar-refractivity contribution in [3.63, 3.8) is 0 Å². The zero-order chi connectivity index (χ0) is 20.7. The summed E-state index contributed by atoms with van der Waals surface area (Å²) in [5.41, 5.74) is 6.29. The molecule has 1 amide bonds. The Hall–Kier alpha value is -3.67. The molecule has 5 rings (SSSR count). The molecule has 2 aliphatic carbocycles. The Bertz CT molecular complexity index is 1130. The largest absolute Gasteiger partial charge is 0.478 e. The van der Waals surface area contributed by atoms with Crippen molar-refractivity contribution >= 4 is 17.9 Å². The van der Waals surface area contributed by atoms with E-state index in [1.807, 2.05) is 36.4 Å². The van der Waals surface area contributed by atoms with Crippen LogP contribution in [0.25, 0.3) is 11.1 Å². The van der Waals surface area contributed by atoms with Gasteiger partial charge in [-0.25, -0.2) is 14.6 Å². The molecule has 0 atom stereocenters. The van der Waals surface area contributed by atoms with Gasteiger partial charge in [-0.1, -0.05) is 48.5 Å². The zero-order valence-electron chi connectivity index (χ0n) is 16.2. The van der Waals surface area contributed by atoms with E-state index >= 15 is 0 Å². The molecule has 0 saturated heterocycles. The molecule has 1 aromatic heterocycles. The summed E-state index contributed by atoms with van der Waals surface area (Å²) < 4.78 is 5.51. The maximum absolute atomic E-state index is 12.5. The number of hydrogen-bond acceptors (Lipinski definition) is 4. The van der Waals surface area contributed by atoms with Gasteiger partial charge in [0.25, 0.3) is 0 Å². The van der Waals surface area contributed by atoms with Crippen molar-refractivity contribution < 1.29 is 19.4 Å². The normalized spacial score (nSPS) is 14.0. The summed E-state index contributed by atoms with van der Waals surface area (Å²) in [5.74, 6) is -1.11. The maximum Gasteiger partial charge on any atom is 0.412 e. The van der Waals surface area contributed by atoms with E-state index < -0.39 is 12.1 Å². The molecule has 30 heavy (non-hydrogen) atoms. The maximum atomic E-state index is 12.5. The van der Waals surface area contributed by atoms with E-state index in [1.165, 1.54) is 0 Å². The van der Waals surface area contributed by atoms with Crippen LogP contribution in [-0.4, -0.2) is 28.8 Å². The number of anilines is 1. The minimum Gasteiger partial charge on any atom is -0.478 e. The summed E-state index contributed by atoms with van der Waals surface area (Å²) >= 11 is 0. The van der Waals surface area contributed by atoms with E-state index in [0.717, 1.165) is 46.2 Å². The molecule has 1 heterocycles. The van der Waals surface area contributed by atoms with Crippen molar-refractivity contribution in [2.45, 2.75) is 25.2 Å². The molecule has 3 aromatic rings. The molecule has 0 bridgehead atoms. The number of aromatic carboxylic acids is 1. The number of carboxylic acid groups (broad SMARTS) is 1. The molecule has 2 aliphatic rings. The van der Waals surface area contributed by atoms with E-state index in [4.69, 9.17) is 4.74 Å². The lowest BCUT2D eigenvalue weighted by Gasteiger charge is -2.15. The van der Waals surface area contributed by atoms with Crippen molar-refractivity contribution in [1.29, 1.82) is 0 Å². The molecule has 6 heteroatoms. The highest BCUT2D eigenvalue weighted by Crippen LogP contribution is 2.44. The number of carbonyl (C=O) groups excluding carboxylic acids is 1. The van der Waals surface area contributed by atoms with Crippen LogP contribution in [0, 0.1) is 0 Å². The average Bonchev–Trinajstić information content (AvgIpc) is 3.34. The third-order valence-electron chi connectivity index (χ3n) is 5.93. The van der Waals surface area contributed by atoms with Crippen molar-refractivity contribution in [3.05, 3.63) is 82.5 Å². The Labute approximate surface area is 173 Å². The summed E-state index contributed by atoms with van der Waals surface area (Å²) in [7, 11) is 0. The Morgan fingerprint density at radius 2 is 1.70 bits per heavy atom. The highest BCUT2D eigenvalue weighted by Gasteiger charge is 2.30. The number of ether oxygens (including phenoxy) is 1. The summed E-state index contributed by atoms with van der Waals surface area (Å²) in [5, 5.41) is 12.2. The van der Waals surface area contributed by atoms with Gasteiger partial charge in [0.15, 0.2) is 0 Å². The predicted octanol–water partition coefficient (Wildman–Crippen LogP) is 4.63. The molecule has 0 fully saturated rings. The third kappa shape index (κ3) is 3.01. The van der Waals surface area contributed by atoms with Crippen molar-refractivity contribution in [2.24, 2.45) is 0 Å². The monoisotopic (exact) mass is 400 g/mol. The quantitative estimate of drug-likeness (QED) is 0.667. The Balaban J connectivity index is 1.35. The first kappa shape index (κ1) is 18.4. The molecule has 0 aliphatic heterocycles. The van der Waals surface area contributed by atoms with Gasteiger partial charge in [0.1, 0.15) is 18.0 Å². The molecule has 0 saturated carbocycles. The number of aryl methyl sites for hydroxylation is 1. The molecule has 150 valence electrons. The van der Waals surface area contributed by atoms with Gasteiger partial charge in [-0.2, -0.15) is 0 Å². The van der Waals surface area contributed by atoms with Crippen molar-refractivity contribution in [3.8, 4) is 11.1 Å². The summed E-state index contributed by atoms with van der Waals surface area (Å²) in [4.78, 5) is 28.4. The van der Waals surface area contributed by atoms with Gasteiger partial charge in [-0.15, -0.1) is 0 Å². The van der Waals surface area contributed by atoms with E-state index in [-0.39, 0.29) is 23.9 Å². The fraction of sp³-hybridized carbons (Fsp3) is 0.208. The first-order valence-electron chi connectivity index (χ1n) is 9.99. The second-order valence-corrected chi connectivity index (χ2v) is 7.59. The second-order valence-electron chi connectivity index (χ2n) is 7.59. The Morgan fingerprint density at radius 3 is 2.37 bits per heavy atom. The average molecular weight is 400 g/mol. The zero-order valence-corrected chi connectivity index (χ0v) is 16.2. The Kier molecular flexibility index (Phi) is 4.47. The van der Waals surface area contributed by atoms with Crippen LogP contribution in [0.15, 0.2) is 54.7 Å². The minimum absolute atomic E-state index is 0.0420. The SMILES string of the molecule is O=C(Nc1ncc2c(c1C(=O)O)CCC2)OCC1c2ccccc2-c2ccccc21. The van der Waals surface area contributed by atoms with Gasteiger partial charge in [-0.05, 0) is 52.6 Å². The predicted molar refractivity (Wildman–Crippen MR) is 112 cm³/mol. The van der Waals surface area contributed by atoms with Gasteiger partial charge in [0, 0.05) is 12.1 Å². The molecule has 0 spiro atoms. The van der Waals surface area contributed by atoms with Crippen LogP contribution in [0.4, 0.5) is 10.6 Å². The Morgan fingerprint density at radius 1 is 1.03 bits per heavy atom. The van der Waals surface area contributed by atoms with E-state index in [9.17, 15) is 14.7 Å². The first-order chi connectivity index (χ1) is 14.6. The summed E-state index contributed by atoms with van der Waals surface area (Å²) in [6, 6.07) is 16.2. The van der Waals surface area contributed by atoms with Gasteiger partial charge in [0.05, 0.1) is 0 Å². The smallest absolute Gasteiger partial charge is 0.412 e. The minimum atomic E-state index is -1.09. The molecular formula is C24H20N2O4. The van der Waals surface area contributed by atoms with Crippen LogP contribution in [0.5, 0.6) is 0 Å². The number of benzene rings is 2. The number of amides is 1. The van der Waals surface area contributed by atoms with Crippen LogP contribution in [0.2, 0.25) is 0 Å². The standard InChI is InChI=1S/C24H20N2O4/c27-23(28)21-15-11-5-6-14(15)12-25-22(21)26-24(29)30-13-20-18-9-3-1-7-16(18)17-8-2-4-10-19(17)20/h1-4,7-10,12,20H,5-6,11,13H2,(H,27,28)(H,25,26,29). The van der Waals surface area contributed by atoms with E-state index in [0.29, 0.717) is 6.42 Å². The van der Waals surface area contributed by atoms with Crippen LogP contribution in [0.3, 0.4) is 0 Å². The lowest BCUT2D eigenvalue weighted by atomic mass is 9.98. The fourth-order valence-corrected chi connectivity index (χ4v) is 4.60. The first-order valence-corrected chi connectivity index (χ1v) is 9.99. The van der Waals surface area contributed by atoms with Crippen LogP contribution >= 0.6 is 0 Å². The number of aromatic nitrogens is 1.